The molecule has 0 fully saturated rings. The van der Waals surface area contributed by atoms with Gasteiger partial charge in [0.1, 0.15) is 0 Å². The largest absolute Gasteiger partial charge is 0.283 e. The van der Waals surface area contributed by atoms with E-state index >= 15 is 0 Å². The molecule has 0 unspecified atom stereocenters. The number of benzene rings is 1. The third kappa shape index (κ3) is 1.77. The third-order valence-electron chi connectivity index (χ3n) is 2.88. The van der Waals surface area contributed by atoms with Crippen LogP contribution < -0.4 is 10.4 Å². The highest BCUT2D eigenvalue weighted by atomic mass is 16.6. The SMILES string of the molecule is Cc1c([N+](=O)[O-])cc([N+](=O)[O-])c2c1=CCCC=2. The van der Waals surface area contributed by atoms with E-state index < -0.39 is 9.85 Å². The molecule has 0 atom stereocenters. The molecule has 6 heteroatoms. The number of hydrogen-bond acceptors (Lipinski definition) is 4. The predicted octanol–water partition coefficient (Wildman–Crippen LogP) is 1.17. The maximum absolute atomic E-state index is 10.9. The van der Waals surface area contributed by atoms with Gasteiger partial charge in [0, 0.05) is 5.56 Å². The van der Waals surface area contributed by atoms with Crippen molar-refractivity contribution in [1.82, 2.24) is 0 Å². The van der Waals surface area contributed by atoms with Crippen LogP contribution in [0.4, 0.5) is 11.4 Å². The normalized spacial score (nSPS) is 13.2. The molecule has 0 radical (unpaired) electrons. The highest BCUT2D eigenvalue weighted by molar-refractivity contribution is 5.57. The van der Waals surface area contributed by atoms with Gasteiger partial charge in [-0.3, -0.25) is 20.2 Å². The lowest BCUT2D eigenvalue weighted by Crippen LogP contribution is -2.32. The number of nitrogens with zero attached hydrogens (tertiary/aromatic N) is 2. The van der Waals surface area contributed by atoms with E-state index in [2.05, 4.69) is 0 Å². The van der Waals surface area contributed by atoms with Crippen molar-refractivity contribution in [2.75, 3.05) is 0 Å². The molecule has 17 heavy (non-hydrogen) atoms. The van der Waals surface area contributed by atoms with Crippen molar-refractivity contribution in [3.8, 4) is 0 Å². The van der Waals surface area contributed by atoms with Crippen LogP contribution in [0.2, 0.25) is 0 Å². The van der Waals surface area contributed by atoms with Crippen molar-refractivity contribution in [2.24, 2.45) is 0 Å². The minimum Gasteiger partial charge on any atom is -0.258 e. The summed E-state index contributed by atoms with van der Waals surface area (Å²) in [5, 5.41) is 22.9. The Labute approximate surface area is 96.2 Å². The van der Waals surface area contributed by atoms with Crippen molar-refractivity contribution >= 4 is 23.5 Å². The Hall–Kier alpha value is -2.24. The van der Waals surface area contributed by atoms with Gasteiger partial charge in [-0.2, -0.15) is 0 Å². The van der Waals surface area contributed by atoms with E-state index in [1.54, 1.807) is 13.0 Å². The van der Waals surface area contributed by atoms with Gasteiger partial charge in [0.05, 0.1) is 21.1 Å². The molecule has 0 amide bonds. The molecule has 1 aromatic carbocycles. The smallest absolute Gasteiger partial charge is 0.258 e. The predicted molar refractivity (Wildman–Crippen MR) is 61.9 cm³/mol. The van der Waals surface area contributed by atoms with Crippen LogP contribution in [0.3, 0.4) is 0 Å². The van der Waals surface area contributed by atoms with E-state index in [0.717, 1.165) is 18.9 Å². The molecule has 0 heterocycles. The number of rotatable bonds is 2. The van der Waals surface area contributed by atoms with Crippen molar-refractivity contribution in [2.45, 2.75) is 19.8 Å². The first kappa shape index (κ1) is 11.3. The van der Waals surface area contributed by atoms with Gasteiger partial charge in [-0.25, -0.2) is 0 Å². The van der Waals surface area contributed by atoms with Crippen LogP contribution in [0.25, 0.3) is 12.2 Å². The van der Waals surface area contributed by atoms with Gasteiger partial charge in [-0.05, 0) is 25.0 Å². The molecule has 0 aromatic heterocycles. The van der Waals surface area contributed by atoms with E-state index in [1.165, 1.54) is 0 Å². The van der Waals surface area contributed by atoms with E-state index in [4.69, 9.17) is 0 Å². The van der Waals surface area contributed by atoms with Crippen molar-refractivity contribution in [1.29, 1.82) is 0 Å². The summed E-state index contributed by atoms with van der Waals surface area (Å²) in [6.07, 6.45) is 5.08. The maximum Gasteiger partial charge on any atom is 0.283 e. The summed E-state index contributed by atoms with van der Waals surface area (Å²) >= 11 is 0. The Bertz CT molecular complexity index is 634. The van der Waals surface area contributed by atoms with Gasteiger partial charge in [-0.1, -0.05) is 12.2 Å². The van der Waals surface area contributed by atoms with Crippen LogP contribution in [-0.4, -0.2) is 9.85 Å². The number of fused-ring (bicyclic) bond motifs is 1. The molecule has 2 rings (SSSR count). The topological polar surface area (TPSA) is 86.3 Å². The van der Waals surface area contributed by atoms with Gasteiger partial charge in [0.2, 0.25) is 0 Å². The van der Waals surface area contributed by atoms with E-state index in [9.17, 15) is 20.2 Å². The fraction of sp³-hybridized carbons (Fsp3) is 0.273. The van der Waals surface area contributed by atoms with E-state index in [1.807, 2.05) is 6.08 Å². The maximum atomic E-state index is 10.9. The first-order valence-corrected chi connectivity index (χ1v) is 5.15. The zero-order valence-corrected chi connectivity index (χ0v) is 9.17. The van der Waals surface area contributed by atoms with E-state index in [-0.39, 0.29) is 11.4 Å². The average Bonchev–Trinajstić information content (AvgIpc) is 2.29. The Morgan fingerprint density at radius 3 is 2.06 bits per heavy atom. The standard InChI is InChI=1S/C11H10N2O4/c1-7-8-4-2-3-5-9(8)11(13(16)17)6-10(7)12(14)15/h4-6H,2-3H2,1H3. The van der Waals surface area contributed by atoms with Gasteiger partial charge in [0.15, 0.2) is 0 Å². The highest BCUT2D eigenvalue weighted by Crippen LogP contribution is 2.18. The molecule has 88 valence electrons. The first-order chi connectivity index (χ1) is 8.02. The summed E-state index contributed by atoms with van der Waals surface area (Å²) in [5.74, 6) is 0. The lowest BCUT2D eigenvalue weighted by molar-refractivity contribution is -0.395. The third-order valence-corrected chi connectivity index (χ3v) is 2.88. The van der Waals surface area contributed by atoms with Crippen LogP contribution in [0, 0.1) is 27.2 Å². The van der Waals surface area contributed by atoms with Crippen molar-refractivity contribution in [3.05, 3.63) is 42.3 Å². The molecule has 0 bridgehead atoms. The van der Waals surface area contributed by atoms with Gasteiger partial charge >= 0.3 is 0 Å². The zero-order valence-electron chi connectivity index (χ0n) is 9.17. The van der Waals surface area contributed by atoms with Crippen LogP contribution in [0.5, 0.6) is 0 Å². The average molecular weight is 234 g/mol. The second-order valence-electron chi connectivity index (χ2n) is 3.87. The number of nitro groups is 2. The Balaban J connectivity index is 2.94. The fourth-order valence-electron chi connectivity index (χ4n) is 2.07. The quantitative estimate of drug-likeness (QED) is 0.567. The lowest BCUT2D eigenvalue weighted by Gasteiger charge is -2.05. The molecule has 0 aliphatic heterocycles. The van der Waals surface area contributed by atoms with Gasteiger partial charge in [0.25, 0.3) is 11.4 Å². The van der Waals surface area contributed by atoms with Gasteiger partial charge < -0.3 is 0 Å². The van der Waals surface area contributed by atoms with Crippen molar-refractivity contribution < 1.29 is 9.85 Å². The summed E-state index contributed by atoms with van der Waals surface area (Å²) in [6, 6.07) is 1.05. The fourth-order valence-corrected chi connectivity index (χ4v) is 2.07. The summed E-state index contributed by atoms with van der Waals surface area (Å²) in [5.41, 5.74) is 0.113. The second kappa shape index (κ2) is 3.97. The van der Waals surface area contributed by atoms with Crippen molar-refractivity contribution in [3.63, 3.8) is 0 Å². The number of nitro benzene ring substituents is 2. The molecule has 0 spiro atoms. The molecule has 0 saturated carbocycles. The van der Waals surface area contributed by atoms with Crippen LogP contribution in [-0.2, 0) is 0 Å². The minimum atomic E-state index is -0.578. The number of non-ortho nitro benzene ring substituents is 1. The zero-order chi connectivity index (χ0) is 12.6. The molecule has 1 aliphatic carbocycles. The van der Waals surface area contributed by atoms with E-state index in [0.29, 0.717) is 16.0 Å². The summed E-state index contributed by atoms with van der Waals surface area (Å²) in [4.78, 5) is 20.6. The molecule has 0 N–H and O–H groups in total. The minimum absolute atomic E-state index is 0.187. The Morgan fingerprint density at radius 1 is 1.00 bits per heavy atom. The summed E-state index contributed by atoms with van der Waals surface area (Å²) < 4.78 is 0. The summed E-state index contributed by atoms with van der Waals surface area (Å²) in [6.45, 7) is 1.62. The van der Waals surface area contributed by atoms with Gasteiger partial charge in [-0.15, -0.1) is 0 Å². The molecule has 0 saturated heterocycles. The van der Waals surface area contributed by atoms with Crippen LogP contribution in [0.15, 0.2) is 6.07 Å². The Kier molecular flexibility index (Phi) is 2.63. The molecule has 1 aromatic rings. The summed E-state index contributed by atoms with van der Waals surface area (Å²) in [7, 11) is 0. The molecule has 1 aliphatic rings. The molecule has 6 nitrogen and oxygen atoms in total. The monoisotopic (exact) mass is 234 g/mol. The lowest BCUT2D eigenvalue weighted by atomic mass is 10.0. The first-order valence-electron chi connectivity index (χ1n) is 5.15. The Morgan fingerprint density at radius 2 is 1.53 bits per heavy atom. The second-order valence-corrected chi connectivity index (χ2v) is 3.87. The molecular formula is C11H10N2O4. The highest BCUT2D eigenvalue weighted by Gasteiger charge is 2.21. The molecular weight excluding hydrogens is 224 g/mol. The van der Waals surface area contributed by atoms with Crippen LogP contribution in [0.1, 0.15) is 18.4 Å². The number of hydrogen-bond donors (Lipinski definition) is 0. The van der Waals surface area contributed by atoms with Crippen LogP contribution >= 0.6 is 0 Å².